The van der Waals surface area contributed by atoms with Crippen molar-refractivity contribution in [2.75, 3.05) is 0 Å². The van der Waals surface area contributed by atoms with E-state index in [1.54, 1.807) is 16.7 Å². The molecular weight excluding hydrogens is 309 g/mol. The standard InChI is InChI=1S/C18H18FN3O2/c1-2-21-15-5-3-4-6-16(15)22(18(21)24)12-17(23)20-11-13-7-9-14(19)10-8-13/h3-10H,2,11-12H2,1H3,(H,20,23). The molecule has 0 unspecified atom stereocenters. The number of amides is 1. The third-order valence-electron chi connectivity index (χ3n) is 3.95. The van der Waals surface area contributed by atoms with E-state index >= 15 is 0 Å². The van der Waals surface area contributed by atoms with Gasteiger partial charge in [-0.05, 0) is 36.8 Å². The number of carbonyl (C=O) groups excluding carboxylic acids is 1. The van der Waals surface area contributed by atoms with Gasteiger partial charge < -0.3 is 5.32 Å². The second-order valence-corrected chi connectivity index (χ2v) is 5.50. The molecule has 1 N–H and O–H groups in total. The average Bonchev–Trinajstić information content (AvgIpc) is 2.86. The summed E-state index contributed by atoms with van der Waals surface area (Å²) in [5, 5.41) is 2.76. The number of aromatic nitrogens is 2. The van der Waals surface area contributed by atoms with Crippen molar-refractivity contribution in [2.24, 2.45) is 0 Å². The van der Waals surface area contributed by atoms with Crippen molar-refractivity contribution in [3.8, 4) is 0 Å². The van der Waals surface area contributed by atoms with E-state index in [0.29, 0.717) is 13.1 Å². The van der Waals surface area contributed by atoms with Crippen LogP contribution >= 0.6 is 0 Å². The number of halogens is 1. The molecule has 0 aliphatic carbocycles. The van der Waals surface area contributed by atoms with Crippen LogP contribution in [0.25, 0.3) is 11.0 Å². The summed E-state index contributed by atoms with van der Waals surface area (Å²) in [6, 6.07) is 13.3. The number of hydrogen-bond donors (Lipinski definition) is 1. The van der Waals surface area contributed by atoms with Gasteiger partial charge in [-0.15, -0.1) is 0 Å². The molecule has 6 heteroatoms. The fraction of sp³-hybridized carbons (Fsp3) is 0.222. The lowest BCUT2D eigenvalue weighted by Crippen LogP contribution is -2.32. The van der Waals surface area contributed by atoms with E-state index in [4.69, 9.17) is 0 Å². The van der Waals surface area contributed by atoms with Crippen LogP contribution < -0.4 is 11.0 Å². The monoisotopic (exact) mass is 327 g/mol. The van der Waals surface area contributed by atoms with Crippen molar-refractivity contribution in [1.29, 1.82) is 0 Å². The first-order valence-electron chi connectivity index (χ1n) is 7.79. The Hall–Kier alpha value is -2.89. The van der Waals surface area contributed by atoms with Gasteiger partial charge in [0, 0.05) is 13.1 Å². The number of hydrogen-bond acceptors (Lipinski definition) is 2. The fourth-order valence-corrected chi connectivity index (χ4v) is 2.73. The predicted octanol–water partition coefficient (Wildman–Crippen LogP) is 2.28. The Morgan fingerprint density at radius 3 is 2.29 bits per heavy atom. The zero-order valence-electron chi connectivity index (χ0n) is 13.3. The molecule has 24 heavy (non-hydrogen) atoms. The van der Waals surface area contributed by atoms with Crippen LogP contribution in [0.5, 0.6) is 0 Å². The third kappa shape index (κ3) is 3.08. The highest BCUT2D eigenvalue weighted by molar-refractivity contribution is 5.80. The quantitative estimate of drug-likeness (QED) is 0.782. The van der Waals surface area contributed by atoms with E-state index < -0.39 is 0 Å². The van der Waals surface area contributed by atoms with Gasteiger partial charge >= 0.3 is 5.69 Å². The van der Waals surface area contributed by atoms with Crippen LogP contribution in [-0.4, -0.2) is 15.0 Å². The van der Waals surface area contributed by atoms with Gasteiger partial charge in [0.2, 0.25) is 5.91 Å². The van der Waals surface area contributed by atoms with E-state index in [9.17, 15) is 14.0 Å². The number of para-hydroxylation sites is 2. The van der Waals surface area contributed by atoms with E-state index in [1.807, 2.05) is 31.2 Å². The van der Waals surface area contributed by atoms with Gasteiger partial charge in [0.1, 0.15) is 12.4 Å². The molecule has 3 rings (SSSR count). The number of aryl methyl sites for hydroxylation is 1. The lowest BCUT2D eigenvalue weighted by molar-refractivity contribution is -0.121. The Labute approximate surface area is 138 Å². The van der Waals surface area contributed by atoms with Gasteiger partial charge in [-0.1, -0.05) is 24.3 Å². The molecule has 1 heterocycles. The summed E-state index contributed by atoms with van der Waals surface area (Å²) in [5.74, 6) is -0.579. The molecule has 0 saturated heterocycles. The molecule has 0 spiro atoms. The van der Waals surface area contributed by atoms with E-state index in [0.717, 1.165) is 16.6 Å². The Morgan fingerprint density at radius 1 is 1.04 bits per heavy atom. The Kier molecular flexibility index (Phi) is 4.46. The highest BCUT2D eigenvalue weighted by Crippen LogP contribution is 2.12. The van der Waals surface area contributed by atoms with E-state index in [2.05, 4.69) is 5.32 Å². The first-order valence-corrected chi connectivity index (χ1v) is 7.79. The molecule has 0 bridgehead atoms. The van der Waals surface area contributed by atoms with Gasteiger partial charge in [0.25, 0.3) is 0 Å². The molecule has 1 amide bonds. The van der Waals surface area contributed by atoms with Crippen molar-refractivity contribution < 1.29 is 9.18 Å². The molecule has 5 nitrogen and oxygen atoms in total. The maximum absolute atomic E-state index is 12.9. The number of imidazole rings is 1. The topological polar surface area (TPSA) is 56.0 Å². The summed E-state index contributed by atoms with van der Waals surface area (Å²) in [5.41, 5.74) is 2.15. The first-order chi connectivity index (χ1) is 11.6. The number of benzene rings is 2. The van der Waals surface area contributed by atoms with E-state index in [1.165, 1.54) is 16.7 Å². The van der Waals surface area contributed by atoms with Gasteiger partial charge in [0.15, 0.2) is 0 Å². The minimum absolute atomic E-state index is 0.0481. The molecule has 2 aromatic carbocycles. The summed E-state index contributed by atoms with van der Waals surface area (Å²) < 4.78 is 16.0. The Balaban J connectivity index is 1.77. The normalized spacial score (nSPS) is 10.9. The van der Waals surface area contributed by atoms with E-state index in [-0.39, 0.29) is 24.0 Å². The summed E-state index contributed by atoms with van der Waals surface area (Å²) in [6.45, 7) is 2.68. The molecular formula is C18H18FN3O2. The van der Waals surface area contributed by atoms with Gasteiger partial charge in [-0.3, -0.25) is 13.9 Å². The molecule has 0 aliphatic rings. The lowest BCUT2D eigenvalue weighted by Gasteiger charge is -2.06. The van der Waals surface area contributed by atoms with Crippen LogP contribution in [0.1, 0.15) is 12.5 Å². The number of nitrogens with one attached hydrogen (secondary N) is 1. The number of nitrogens with zero attached hydrogens (tertiary/aromatic N) is 2. The molecule has 3 aromatic rings. The molecule has 0 aliphatic heterocycles. The summed E-state index contributed by atoms with van der Waals surface area (Å²) >= 11 is 0. The van der Waals surface area contributed by atoms with Crippen LogP contribution in [0.4, 0.5) is 4.39 Å². The number of rotatable bonds is 5. The minimum atomic E-state index is -0.316. The molecule has 124 valence electrons. The van der Waals surface area contributed by atoms with Crippen LogP contribution in [-0.2, 0) is 24.4 Å². The summed E-state index contributed by atoms with van der Waals surface area (Å²) in [7, 11) is 0. The Morgan fingerprint density at radius 2 is 1.67 bits per heavy atom. The van der Waals surface area contributed by atoms with Crippen molar-refractivity contribution in [3.63, 3.8) is 0 Å². The Bertz CT molecular complexity index is 926. The molecule has 1 aromatic heterocycles. The van der Waals surface area contributed by atoms with Crippen molar-refractivity contribution in [3.05, 3.63) is 70.4 Å². The van der Waals surface area contributed by atoms with Crippen LogP contribution in [0, 0.1) is 5.82 Å². The van der Waals surface area contributed by atoms with Gasteiger partial charge in [-0.25, -0.2) is 9.18 Å². The average molecular weight is 327 g/mol. The van der Waals surface area contributed by atoms with Crippen molar-refractivity contribution in [2.45, 2.75) is 26.6 Å². The minimum Gasteiger partial charge on any atom is -0.350 e. The van der Waals surface area contributed by atoms with Crippen molar-refractivity contribution in [1.82, 2.24) is 14.5 Å². The molecule has 0 fully saturated rings. The fourth-order valence-electron chi connectivity index (χ4n) is 2.73. The molecule has 0 radical (unpaired) electrons. The maximum Gasteiger partial charge on any atom is 0.329 e. The predicted molar refractivity (Wildman–Crippen MR) is 90.1 cm³/mol. The summed E-state index contributed by atoms with van der Waals surface area (Å²) in [6.07, 6.45) is 0. The maximum atomic E-state index is 12.9. The zero-order chi connectivity index (χ0) is 17.1. The van der Waals surface area contributed by atoms with Crippen LogP contribution in [0.2, 0.25) is 0 Å². The molecule has 0 saturated carbocycles. The van der Waals surface area contributed by atoms with Crippen LogP contribution in [0.3, 0.4) is 0 Å². The largest absolute Gasteiger partial charge is 0.350 e. The second-order valence-electron chi connectivity index (χ2n) is 5.50. The second kappa shape index (κ2) is 6.70. The number of fused-ring (bicyclic) bond motifs is 1. The van der Waals surface area contributed by atoms with Crippen LogP contribution in [0.15, 0.2) is 53.3 Å². The van der Waals surface area contributed by atoms with Gasteiger partial charge in [0.05, 0.1) is 11.0 Å². The zero-order valence-corrected chi connectivity index (χ0v) is 13.3. The first kappa shape index (κ1) is 16.0. The molecule has 0 atom stereocenters. The third-order valence-corrected chi connectivity index (χ3v) is 3.95. The summed E-state index contributed by atoms with van der Waals surface area (Å²) in [4.78, 5) is 24.7. The highest BCUT2D eigenvalue weighted by Gasteiger charge is 2.14. The SMILES string of the molecule is CCn1c(=O)n(CC(=O)NCc2ccc(F)cc2)c2ccccc21. The highest BCUT2D eigenvalue weighted by atomic mass is 19.1. The smallest absolute Gasteiger partial charge is 0.329 e. The number of carbonyl (C=O) groups is 1. The van der Waals surface area contributed by atoms with Gasteiger partial charge in [-0.2, -0.15) is 0 Å². The van der Waals surface area contributed by atoms with Crippen molar-refractivity contribution >= 4 is 16.9 Å². The lowest BCUT2D eigenvalue weighted by atomic mass is 10.2.